The minimum atomic E-state index is -4.55. The summed E-state index contributed by atoms with van der Waals surface area (Å²) in [6, 6.07) is 6.85. The van der Waals surface area contributed by atoms with Crippen molar-refractivity contribution < 1.29 is 22.7 Å². The molecule has 3 aromatic rings. The molecule has 0 amide bonds. The number of rotatable bonds is 2. The third-order valence-electron chi connectivity index (χ3n) is 3.41. The van der Waals surface area contributed by atoms with Crippen molar-refractivity contribution in [1.29, 1.82) is 0 Å². The first-order valence-electron chi connectivity index (χ1n) is 6.68. The van der Waals surface area contributed by atoms with Crippen molar-refractivity contribution in [1.82, 2.24) is 4.98 Å². The first-order chi connectivity index (χ1) is 11.3. The lowest BCUT2D eigenvalue weighted by molar-refractivity contribution is -0.138. The summed E-state index contributed by atoms with van der Waals surface area (Å²) in [6.45, 7) is 0. The van der Waals surface area contributed by atoms with Crippen LogP contribution < -0.4 is 5.73 Å². The van der Waals surface area contributed by atoms with Gasteiger partial charge in [-0.25, -0.2) is 0 Å². The Kier molecular flexibility index (Phi) is 4.00. The van der Waals surface area contributed by atoms with Crippen molar-refractivity contribution in [2.24, 2.45) is 0 Å². The minimum Gasteiger partial charge on any atom is -0.504 e. The molecule has 3 rings (SSSR count). The Morgan fingerprint density at radius 3 is 2.54 bits per heavy atom. The Morgan fingerprint density at radius 1 is 1.17 bits per heavy atom. The second-order valence-corrected chi connectivity index (χ2v) is 5.72. The van der Waals surface area contributed by atoms with Crippen LogP contribution in [0.2, 0.25) is 0 Å². The first-order valence-corrected chi connectivity index (χ1v) is 7.47. The van der Waals surface area contributed by atoms with Crippen LogP contribution in [0.4, 0.5) is 19.1 Å². The highest BCUT2D eigenvalue weighted by Gasteiger charge is 2.35. The summed E-state index contributed by atoms with van der Waals surface area (Å²) >= 11 is 2.95. The standard InChI is InChI=1S/C16H10BrF3N2O2/c17-12-9(4-1-5-10(12)16(18,19)20)11-13(23)14(24-15(11)21)8-3-2-6-22-7-8/h1-7,23H,21H2. The molecule has 3 N–H and O–H groups in total. The van der Waals surface area contributed by atoms with Gasteiger partial charge in [0.15, 0.2) is 11.5 Å². The largest absolute Gasteiger partial charge is 0.504 e. The molecule has 0 aliphatic rings. The van der Waals surface area contributed by atoms with E-state index in [1.165, 1.54) is 24.5 Å². The Bertz CT molecular complexity index is 892. The maximum absolute atomic E-state index is 13.1. The smallest absolute Gasteiger partial charge is 0.417 e. The number of nitrogen functional groups attached to an aromatic ring is 1. The van der Waals surface area contributed by atoms with E-state index >= 15 is 0 Å². The van der Waals surface area contributed by atoms with Crippen LogP contribution in [0.5, 0.6) is 5.75 Å². The number of nitrogens with two attached hydrogens (primary N) is 1. The Hall–Kier alpha value is -2.48. The molecule has 0 bridgehead atoms. The average molecular weight is 399 g/mol. The number of anilines is 1. The number of furan rings is 1. The number of alkyl halides is 3. The van der Waals surface area contributed by atoms with Crippen LogP contribution >= 0.6 is 15.9 Å². The summed E-state index contributed by atoms with van der Waals surface area (Å²) in [5.74, 6) is -0.494. The maximum atomic E-state index is 13.1. The van der Waals surface area contributed by atoms with E-state index in [1.54, 1.807) is 12.1 Å². The van der Waals surface area contributed by atoms with Gasteiger partial charge < -0.3 is 15.3 Å². The van der Waals surface area contributed by atoms with Crippen LogP contribution in [-0.4, -0.2) is 10.1 Å². The van der Waals surface area contributed by atoms with Gasteiger partial charge in [0.1, 0.15) is 0 Å². The van der Waals surface area contributed by atoms with Gasteiger partial charge in [-0.05, 0) is 34.1 Å². The van der Waals surface area contributed by atoms with Crippen LogP contribution in [0, 0.1) is 0 Å². The molecule has 1 aromatic carbocycles. The highest BCUT2D eigenvalue weighted by atomic mass is 79.9. The molecule has 0 aliphatic carbocycles. The van der Waals surface area contributed by atoms with Gasteiger partial charge in [0, 0.05) is 28.0 Å². The van der Waals surface area contributed by atoms with Crippen LogP contribution in [0.25, 0.3) is 22.5 Å². The average Bonchev–Trinajstić information content (AvgIpc) is 2.82. The Labute approximate surface area is 142 Å². The third kappa shape index (κ3) is 2.73. The maximum Gasteiger partial charge on any atom is 0.417 e. The number of benzene rings is 1. The van der Waals surface area contributed by atoms with E-state index < -0.39 is 11.7 Å². The first kappa shape index (κ1) is 16.4. The molecule has 0 fully saturated rings. The number of aromatic nitrogens is 1. The van der Waals surface area contributed by atoms with Crippen LogP contribution in [0.15, 0.2) is 51.6 Å². The van der Waals surface area contributed by atoms with Crippen LogP contribution in [-0.2, 0) is 6.18 Å². The molecule has 124 valence electrons. The molecule has 0 aliphatic heterocycles. The lowest BCUT2D eigenvalue weighted by Gasteiger charge is -2.12. The molecular weight excluding hydrogens is 389 g/mol. The molecule has 0 saturated carbocycles. The van der Waals surface area contributed by atoms with Gasteiger partial charge in [0.2, 0.25) is 5.88 Å². The molecule has 8 heteroatoms. The fourth-order valence-electron chi connectivity index (χ4n) is 2.34. The molecule has 0 saturated heterocycles. The zero-order valence-corrected chi connectivity index (χ0v) is 13.5. The van der Waals surface area contributed by atoms with Crippen molar-refractivity contribution in [3.8, 4) is 28.2 Å². The van der Waals surface area contributed by atoms with Crippen LogP contribution in [0.1, 0.15) is 5.56 Å². The summed E-state index contributed by atoms with van der Waals surface area (Å²) in [6.07, 6.45) is -1.56. The van der Waals surface area contributed by atoms with E-state index in [4.69, 9.17) is 10.2 Å². The second-order valence-electron chi connectivity index (χ2n) is 4.93. The number of nitrogens with zero attached hydrogens (tertiary/aromatic N) is 1. The van der Waals surface area contributed by atoms with Crippen molar-refractivity contribution in [2.45, 2.75) is 6.18 Å². The fourth-order valence-corrected chi connectivity index (χ4v) is 3.02. The lowest BCUT2D eigenvalue weighted by Crippen LogP contribution is -2.06. The van der Waals surface area contributed by atoms with Gasteiger partial charge in [-0.1, -0.05) is 12.1 Å². The van der Waals surface area contributed by atoms with Crippen molar-refractivity contribution >= 4 is 21.8 Å². The minimum absolute atomic E-state index is 0.00757. The molecule has 0 spiro atoms. The van der Waals surface area contributed by atoms with Gasteiger partial charge in [-0.2, -0.15) is 13.2 Å². The molecule has 0 radical (unpaired) electrons. The zero-order valence-electron chi connectivity index (χ0n) is 11.9. The molecule has 0 atom stereocenters. The van der Waals surface area contributed by atoms with Gasteiger partial charge >= 0.3 is 6.18 Å². The van der Waals surface area contributed by atoms with E-state index in [1.807, 2.05) is 0 Å². The Morgan fingerprint density at radius 2 is 1.92 bits per heavy atom. The third-order valence-corrected chi connectivity index (χ3v) is 4.26. The summed E-state index contributed by atoms with van der Waals surface area (Å²) < 4.78 is 44.3. The fraction of sp³-hybridized carbons (Fsp3) is 0.0625. The van der Waals surface area contributed by atoms with E-state index in [0.717, 1.165) is 6.07 Å². The summed E-state index contributed by atoms with van der Waals surface area (Å²) in [4.78, 5) is 3.91. The number of hydrogen-bond acceptors (Lipinski definition) is 4. The Balaban J connectivity index is 2.21. The van der Waals surface area contributed by atoms with Gasteiger partial charge in [-0.3, -0.25) is 4.98 Å². The molecular formula is C16H10BrF3N2O2. The monoisotopic (exact) mass is 398 g/mol. The number of hydrogen-bond donors (Lipinski definition) is 2. The second kappa shape index (κ2) is 5.86. The zero-order chi connectivity index (χ0) is 17.5. The van der Waals surface area contributed by atoms with Gasteiger partial charge in [0.05, 0.1) is 11.1 Å². The highest BCUT2D eigenvalue weighted by Crippen LogP contribution is 2.48. The van der Waals surface area contributed by atoms with E-state index in [9.17, 15) is 18.3 Å². The summed E-state index contributed by atoms with van der Waals surface area (Å²) in [7, 11) is 0. The lowest BCUT2D eigenvalue weighted by atomic mass is 10.0. The summed E-state index contributed by atoms with van der Waals surface area (Å²) in [5, 5.41) is 10.4. The van der Waals surface area contributed by atoms with Gasteiger partial charge in [-0.15, -0.1) is 0 Å². The predicted molar refractivity (Wildman–Crippen MR) is 86.2 cm³/mol. The predicted octanol–water partition coefficient (Wildman–Crippen LogP) is 5.08. The van der Waals surface area contributed by atoms with E-state index in [0.29, 0.717) is 5.56 Å². The molecule has 2 heterocycles. The molecule has 0 unspecified atom stereocenters. The quantitative estimate of drug-likeness (QED) is 0.631. The number of pyridine rings is 1. The summed E-state index contributed by atoms with van der Waals surface area (Å²) in [5.41, 5.74) is 5.45. The van der Waals surface area contributed by atoms with E-state index in [-0.39, 0.29) is 33.0 Å². The van der Waals surface area contributed by atoms with Crippen molar-refractivity contribution in [3.05, 3.63) is 52.8 Å². The topological polar surface area (TPSA) is 72.3 Å². The normalized spacial score (nSPS) is 11.7. The highest BCUT2D eigenvalue weighted by molar-refractivity contribution is 9.10. The van der Waals surface area contributed by atoms with Crippen LogP contribution in [0.3, 0.4) is 0 Å². The molecule has 4 nitrogen and oxygen atoms in total. The number of aromatic hydroxyl groups is 1. The SMILES string of the molecule is Nc1oc(-c2cccnc2)c(O)c1-c1cccc(C(F)(F)F)c1Br. The molecule has 2 aromatic heterocycles. The van der Waals surface area contributed by atoms with Crippen molar-refractivity contribution in [3.63, 3.8) is 0 Å². The van der Waals surface area contributed by atoms with Gasteiger partial charge in [0.25, 0.3) is 0 Å². The van der Waals surface area contributed by atoms with Crippen molar-refractivity contribution in [2.75, 3.05) is 5.73 Å². The van der Waals surface area contributed by atoms with E-state index in [2.05, 4.69) is 20.9 Å². The molecule has 24 heavy (non-hydrogen) atoms. The number of halogens is 4.